The number of hydrogen-bond acceptors (Lipinski definition) is 31. The number of carbonyl (C=O) groups excluding carboxylic acids is 5. The van der Waals surface area contributed by atoms with Gasteiger partial charge in [0.2, 0.25) is 17.7 Å². The van der Waals surface area contributed by atoms with Gasteiger partial charge in [0.25, 0.3) is 17.7 Å². The molecule has 5 amide bonds. The van der Waals surface area contributed by atoms with Gasteiger partial charge >= 0.3 is 0 Å². The number of ether oxygens (including phenoxy) is 1. The molecule has 149 heavy (non-hydrogen) atoms. The maximum Gasteiger partial charge on any atom is 0.274 e. The van der Waals surface area contributed by atoms with Gasteiger partial charge in [-0.3, -0.25) is 29.0 Å². The molecule has 1 saturated heterocycles. The van der Waals surface area contributed by atoms with Gasteiger partial charge in [0.05, 0.1) is 162 Å². The first-order valence-corrected chi connectivity index (χ1v) is 56.7. The molecular weight excluding hydrogens is 2040 g/mol. The Morgan fingerprint density at radius 2 is 0.685 bits per heavy atom. The molecule has 18 aromatic rings. The normalized spacial score (nSPS) is 13.1. The van der Waals surface area contributed by atoms with E-state index in [9.17, 15) is 66.1 Å². The number of methoxy groups -OCH3 is 1. The van der Waals surface area contributed by atoms with Gasteiger partial charge in [-0.1, -0.05) is 66.7 Å². The molecule has 0 unspecified atom stereocenters. The number of amides is 5. The van der Waals surface area contributed by atoms with Crippen LogP contribution in [0.4, 0.5) is 28.4 Å². The molecule has 11 N–H and O–H groups in total. The molecular formula is C103H105N23O16S7. The summed E-state index contributed by atoms with van der Waals surface area (Å²) in [5.41, 5.74) is 17.4. The second-order valence-electron chi connectivity index (χ2n) is 36.3. The summed E-state index contributed by atoms with van der Waals surface area (Å²) in [5.74, 6) is -0.0773. The molecule has 0 bridgehead atoms. The van der Waals surface area contributed by atoms with Crippen LogP contribution in [0.5, 0.6) is 5.88 Å². The number of thiophene rings is 1. The number of H-pyrrole nitrogens is 5. The topological polar surface area (TPSA) is 571 Å². The number of aromatic amines is 5. The van der Waals surface area contributed by atoms with E-state index in [1.54, 1.807) is 276 Å². The number of pyridine rings is 1. The highest BCUT2D eigenvalue weighted by molar-refractivity contribution is 7.93. The highest BCUT2D eigenvalue weighted by Gasteiger charge is 2.30. The number of anilines is 5. The Hall–Kier alpha value is -15.5. The number of aromatic nitrogens is 17. The fourth-order valence-corrected chi connectivity index (χ4v) is 21.9. The van der Waals surface area contributed by atoms with Crippen molar-refractivity contribution in [3.63, 3.8) is 0 Å². The summed E-state index contributed by atoms with van der Waals surface area (Å²) in [5, 5.41) is 17.0. The van der Waals surface area contributed by atoms with E-state index in [4.69, 9.17) is 4.74 Å². The number of benzene rings is 5. The van der Waals surface area contributed by atoms with Crippen LogP contribution in [0.2, 0.25) is 0 Å². The van der Waals surface area contributed by atoms with Gasteiger partial charge in [-0.2, -0.15) is 0 Å². The van der Waals surface area contributed by atoms with Crippen LogP contribution < -0.4 is 36.6 Å². The number of nitrogens with zero attached hydrogens (tertiary/aromatic N) is 12. The molecule has 0 atom stereocenters. The molecule has 5 aromatic carbocycles. The molecule has 39 nitrogen and oxygen atoms in total. The molecule has 13 aromatic heterocycles. The van der Waals surface area contributed by atoms with Crippen molar-refractivity contribution in [3.8, 4) is 62.2 Å². The third-order valence-electron chi connectivity index (χ3n) is 24.4. The van der Waals surface area contributed by atoms with E-state index in [0.29, 0.717) is 146 Å². The second-order valence-corrected chi connectivity index (χ2v) is 50.6. The molecule has 1 aliphatic heterocycles. The van der Waals surface area contributed by atoms with Gasteiger partial charge in [-0.25, -0.2) is 96.9 Å². The van der Waals surface area contributed by atoms with E-state index in [-0.39, 0.29) is 59.7 Å². The Morgan fingerprint density at radius 1 is 0.369 bits per heavy atom. The minimum Gasteiger partial charge on any atom is -0.481 e. The summed E-state index contributed by atoms with van der Waals surface area (Å²) in [6.45, 7) is 20.1. The second kappa shape index (κ2) is 45.1. The van der Waals surface area contributed by atoms with Crippen molar-refractivity contribution >= 4 is 186 Å². The molecule has 0 spiro atoms. The Labute approximate surface area is 865 Å². The van der Waals surface area contributed by atoms with Crippen molar-refractivity contribution in [3.05, 3.63) is 246 Å². The fraction of sp³-hybridized carbons (Fsp3) is 0.252. The van der Waals surface area contributed by atoms with E-state index in [0.717, 1.165) is 66.6 Å². The van der Waals surface area contributed by atoms with Crippen LogP contribution in [-0.4, -0.2) is 203 Å². The quantitative estimate of drug-likeness (QED) is 0.0228. The van der Waals surface area contributed by atoms with Gasteiger partial charge in [-0.05, 0) is 205 Å². The number of piperidine rings is 1. The Morgan fingerprint density at radius 3 is 0.980 bits per heavy atom. The molecule has 14 heterocycles. The van der Waals surface area contributed by atoms with Gasteiger partial charge in [0, 0.05) is 77.2 Å². The van der Waals surface area contributed by atoms with E-state index in [2.05, 4.69) is 117 Å². The van der Waals surface area contributed by atoms with Crippen LogP contribution in [0.25, 0.3) is 112 Å². The lowest BCUT2D eigenvalue weighted by Crippen LogP contribution is -2.34. The van der Waals surface area contributed by atoms with Crippen LogP contribution in [0.15, 0.2) is 249 Å². The minimum absolute atomic E-state index is 0.00662. The zero-order valence-electron chi connectivity index (χ0n) is 82.6. The lowest BCUT2D eigenvalue weighted by molar-refractivity contribution is -0.120. The van der Waals surface area contributed by atoms with Gasteiger partial charge in [0.1, 0.15) is 38.2 Å². The SMILES string of the molecule is CC(C)S(=O)(=O)c1ccc(-c2cnc3[nH]cc(NC(=O)C4CCNCC4)c3n2)cc1.CC(C)S(=O)(=O)c1ccc(-c2cnc3[nH]cc(NC(=O)CC4CC4)c3n2)cc1.CC(C)S(=O)(=O)c1ccc(-c2cnc3[nH]cc(NC(=O)c4cncs4)c3n2)cc1.COc1cccc(C(=O)Nc2c[nH]c3ncc(-c4ccc(S(=O)(=O)C(C)C)cc4)nc23)n1.Cc1ccsc1C(=O)Nc1c[nH]c2ncc(-c3ccc(S(=O)(=O)C(C)C)cc3)nc12. The molecule has 770 valence electrons. The number of sulfone groups is 5. The Bertz CT molecular complexity index is 8630. The molecule has 2 aliphatic rings. The standard InChI is InChI=1S/C22H21N5O4S.C21H25N5O3S.C21H20N4O3S2.C20H22N4O3S.C19H17N5O3S2/c1-13(2)32(29,30)15-9-7-14(8-10-15)17-11-23-21-20(26-17)18(12-24-21)27-22(28)16-5-4-6-19(25-16)31-3;1-13(2)30(28,29)16-5-3-14(4-6-16)17-11-23-20-19(25-17)18(12-24-20)26-21(27)15-7-9-22-10-8-15;1-12(2)30(27,28)15-6-4-14(5-7-15)16-10-22-20-18(24-16)17(11-23-20)25-21(26)19-13(3)8-9-29-19;1-12(2)28(26,27)15-7-5-14(6-8-15)16-10-21-20-19(24-16)17(11-22-20)23-18(25)9-13-3-4-13;1-11(2)29(26,27)13-5-3-12(4-6-13)14-7-21-18-17(23-14)15(8-22-18)24-19(25)16-9-20-10-28-16/h4-13H,1-3H3,(H,23,24)(H,27,28);3-6,11-13,15,22H,7-10H2,1-2H3,(H,23,24)(H,26,27);4-12H,1-3H3,(H,22,23)(H,25,26);5-8,10-13H,3-4,9H2,1-2H3,(H,21,22)(H,23,25);3-11H,1-2H3,(H,21,22)(H,24,25). The van der Waals surface area contributed by atoms with Crippen molar-refractivity contribution < 1.29 is 70.8 Å². The van der Waals surface area contributed by atoms with Gasteiger partial charge in [-0.15, -0.1) is 22.7 Å². The van der Waals surface area contributed by atoms with Crippen molar-refractivity contribution in [2.45, 2.75) is 159 Å². The molecule has 2 fully saturated rings. The number of nitrogens with one attached hydrogen (secondary N) is 11. The molecule has 1 saturated carbocycles. The number of thiazole rings is 1. The zero-order chi connectivity index (χ0) is 106. The third kappa shape index (κ3) is 24.4. The molecule has 1 aliphatic carbocycles. The average Bonchev–Trinajstić information content (AvgIpc) is 1.70. The zero-order valence-corrected chi connectivity index (χ0v) is 88.3. The largest absolute Gasteiger partial charge is 0.481 e. The fourth-order valence-electron chi connectivity index (χ4n) is 15.3. The van der Waals surface area contributed by atoms with Crippen molar-refractivity contribution in [2.24, 2.45) is 11.8 Å². The van der Waals surface area contributed by atoms with Crippen molar-refractivity contribution in [1.82, 2.24) is 90.0 Å². The summed E-state index contributed by atoms with van der Waals surface area (Å²) in [4.78, 5) is 133. The maximum atomic E-state index is 12.6. The van der Waals surface area contributed by atoms with E-state index in [1.165, 1.54) is 36.0 Å². The highest BCUT2D eigenvalue weighted by Crippen LogP contribution is 2.37. The Kier molecular flexibility index (Phi) is 32.2. The van der Waals surface area contributed by atoms with Crippen LogP contribution >= 0.6 is 22.7 Å². The van der Waals surface area contributed by atoms with Gasteiger partial charge in [0.15, 0.2) is 77.4 Å². The summed E-state index contributed by atoms with van der Waals surface area (Å²) in [7, 11) is -15.2. The van der Waals surface area contributed by atoms with Crippen molar-refractivity contribution in [1.29, 1.82) is 0 Å². The smallest absolute Gasteiger partial charge is 0.274 e. The first-order chi connectivity index (χ1) is 71.1. The van der Waals surface area contributed by atoms with E-state index in [1.807, 2.05) is 18.4 Å². The Balaban J connectivity index is 0.000000133. The predicted molar refractivity (Wildman–Crippen MR) is 574 cm³/mol. The number of hydrogen-bond donors (Lipinski definition) is 11. The highest BCUT2D eigenvalue weighted by atomic mass is 32.2. The monoisotopic (exact) mass is 2140 g/mol. The van der Waals surface area contributed by atoms with Crippen LogP contribution in [0.1, 0.15) is 137 Å². The van der Waals surface area contributed by atoms with Crippen LogP contribution in [-0.2, 0) is 58.8 Å². The van der Waals surface area contributed by atoms with Gasteiger partial charge < -0.3 is 61.6 Å². The number of fused-ring (bicyclic) bond motifs is 5. The number of aryl methyl sites for hydroxylation is 1. The van der Waals surface area contributed by atoms with Crippen LogP contribution in [0.3, 0.4) is 0 Å². The summed E-state index contributed by atoms with van der Waals surface area (Å²) >= 11 is 2.63. The van der Waals surface area contributed by atoms with E-state index >= 15 is 0 Å². The van der Waals surface area contributed by atoms with Crippen LogP contribution in [0, 0.1) is 18.8 Å². The summed E-state index contributed by atoms with van der Waals surface area (Å²) in [6.07, 6.45) is 22.2. The third-order valence-corrected chi connectivity index (χ3v) is 37.1. The summed E-state index contributed by atoms with van der Waals surface area (Å²) < 4.78 is 128. The van der Waals surface area contributed by atoms with Crippen molar-refractivity contribution in [2.75, 3.05) is 46.8 Å². The first kappa shape index (κ1) is 106. The lowest BCUT2D eigenvalue weighted by atomic mass is 9.97. The maximum absolute atomic E-state index is 12.6. The minimum atomic E-state index is -3.36. The number of carbonyl (C=O) groups is 5. The predicted octanol–water partition coefficient (Wildman–Crippen LogP) is 17.7. The summed E-state index contributed by atoms with van der Waals surface area (Å²) in [6, 6.07) is 39.7. The molecule has 0 radical (unpaired) electrons. The van der Waals surface area contributed by atoms with E-state index < -0.39 is 81.3 Å². The molecule has 46 heteroatoms. The first-order valence-electron chi connectivity index (χ1n) is 47.2. The number of rotatable bonds is 27. The average molecular weight is 2150 g/mol. The molecule has 20 rings (SSSR count). The lowest BCUT2D eigenvalue weighted by Gasteiger charge is -2.21.